The monoisotopic (exact) mass is 549 g/mol. The summed E-state index contributed by atoms with van der Waals surface area (Å²) in [6, 6.07) is 5.99. The lowest BCUT2D eigenvalue weighted by Gasteiger charge is -2.19. The average molecular weight is 550 g/mol. The molecular formula is C29H35N5O4S. The summed E-state index contributed by atoms with van der Waals surface area (Å²) in [4.78, 5) is 34.8. The number of aromatic nitrogens is 2. The predicted octanol–water partition coefficient (Wildman–Crippen LogP) is 4.13. The number of amides is 2. The van der Waals surface area contributed by atoms with Crippen molar-refractivity contribution < 1.29 is 18.0 Å². The molecule has 0 spiro atoms. The number of hydrogen-bond donors (Lipinski definition) is 3. The first-order chi connectivity index (χ1) is 18.5. The fraction of sp³-hybridized carbons (Fsp3) is 0.448. The highest BCUT2D eigenvalue weighted by Gasteiger charge is 2.38. The maximum Gasteiger partial charge on any atom is 0.253 e. The summed E-state index contributed by atoms with van der Waals surface area (Å²) >= 11 is 0. The Bertz CT molecular complexity index is 1520. The quantitative estimate of drug-likeness (QED) is 0.368. The van der Waals surface area contributed by atoms with Gasteiger partial charge in [-0.1, -0.05) is 27.7 Å². The van der Waals surface area contributed by atoms with E-state index in [-0.39, 0.29) is 28.5 Å². The number of nitrogens with one attached hydrogen (secondary N) is 3. The van der Waals surface area contributed by atoms with Gasteiger partial charge in [0.2, 0.25) is 15.9 Å². The van der Waals surface area contributed by atoms with E-state index in [9.17, 15) is 18.0 Å². The van der Waals surface area contributed by atoms with Crippen molar-refractivity contribution in [3.8, 4) is 0 Å². The number of carbonyl (C=O) groups is 2. The van der Waals surface area contributed by atoms with E-state index in [2.05, 4.69) is 20.3 Å². The summed E-state index contributed by atoms with van der Waals surface area (Å²) in [7, 11) is -3.87. The van der Waals surface area contributed by atoms with Gasteiger partial charge in [-0.2, -0.15) is 0 Å². The zero-order valence-electron chi connectivity index (χ0n) is 22.7. The van der Waals surface area contributed by atoms with Crippen molar-refractivity contribution in [2.24, 2.45) is 11.8 Å². The van der Waals surface area contributed by atoms with Gasteiger partial charge in [-0.25, -0.2) is 13.1 Å². The van der Waals surface area contributed by atoms with Crippen LogP contribution in [0, 0.1) is 11.8 Å². The second-order valence-corrected chi connectivity index (χ2v) is 13.0. The van der Waals surface area contributed by atoms with Crippen LogP contribution in [0.25, 0.3) is 10.8 Å². The van der Waals surface area contributed by atoms with Crippen LogP contribution in [-0.4, -0.2) is 36.7 Å². The summed E-state index contributed by atoms with van der Waals surface area (Å²) in [5.41, 5.74) is 2.74. The third-order valence-corrected chi connectivity index (χ3v) is 8.77. The predicted molar refractivity (Wildman–Crippen MR) is 149 cm³/mol. The number of hydrogen-bond acceptors (Lipinski definition) is 6. The summed E-state index contributed by atoms with van der Waals surface area (Å²) < 4.78 is 30.0. The Labute approximate surface area is 229 Å². The fourth-order valence-electron chi connectivity index (χ4n) is 5.02. The molecule has 2 amide bonds. The number of pyridine rings is 2. The van der Waals surface area contributed by atoms with Crippen LogP contribution in [0.4, 0.5) is 0 Å². The molecule has 0 saturated heterocycles. The first-order valence-corrected chi connectivity index (χ1v) is 15.0. The van der Waals surface area contributed by atoms with E-state index < -0.39 is 22.1 Å². The molecule has 0 radical (unpaired) electrons. The number of nitrogens with zero attached hydrogens (tertiary/aromatic N) is 2. The second-order valence-electron chi connectivity index (χ2n) is 11.3. The van der Waals surface area contributed by atoms with Crippen molar-refractivity contribution >= 4 is 32.6 Å². The van der Waals surface area contributed by atoms with Gasteiger partial charge in [0, 0.05) is 53.4 Å². The highest BCUT2D eigenvalue weighted by atomic mass is 32.2. The van der Waals surface area contributed by atoms with E-state index in [0.29, 0.717) is 40.8 Å². The van der Waals surface area contributed by atoms with Gasteiger partial charge in [-0.15, -0.1) is 0 Å². The third-order valence-electron chi connectivity index (χ3n) is 7.31. The molecule has 2 atom stereocenters. The van der Waals surface area contributed by atoms with Crippen molar-refractivity contribution in [2.75, 3.05) is 6.54 Å². The molecule has 10 heteroatoms. The minimum Gasteiger partial charge on any atom is -0.349 e. The van der Waals surface area contributed by atoms with Gasteiger partial charge in [0.25, 0.3) is 5.91 Å². The normalized spacial score (nSPS) is 18.9. The number of benzene rings is 1. The van der Waals surface area contributed by atoms with Crippen molar-refractivity contribution in [1.82, 2.24) is 25.3 Å². The minimum absolute atomic E-state index is 0.115. The average Bonchev–Trinajstić information content (AvgIpc) is 3.71. The molecule has 9 nitrogen and oxygen atoms in total. The standard InChI is InChI=1S/C29H35N5O4S/c1-16(2)13-32-39(37,38)26-11-21-24(33-29(36)19-6-5-9-30-14-19)12-25(34-28(35)17(3)4)27(21)22-15-31-23(10-20(22)26)18-7-8-18/h5-6,9-11,14-18,24-25,32H,7-8,12-13H2,1-4H3,(H,33,36)(H,34,35). The van der Waals surface area contributed by atoms with E-state index in [1.165, 1.54) is 6.20 Å². The van der Waals surface area contributed by atoms with Gasteiger partial charge in [0.15, 0.2) is 0 Å². The topological polar surface area (TPSA) is 130 Å². The van der Waals surface area contributed by atoms with Crippen LogP contribution in [0.3, 0.4) is 0 Å². The highest BCUT2D eigenvalue weighted by molar-refractivity contribution is 7.89. The summed E-state index contributed by atoms with van der Waals surface area (Å²) in [6.07, 6.45) is 7.28. The van der Waals surface area contributed by atoms with Crippen LogP contribution in [-0.2, 0) is 14.8 Å². The van der Waals surface area contributed by atoms with Crippen LogP contribution in [0.1, 0.15) is 92.1 Å². The first-order valence-electron chi connectivity index (χ1n) is 13.5. The molecule has 2 aliphatic carbocycles. The molecule has 0 aliphatic heterocycles. The molecule has 2 heterocycles. The van der Waals surface area contributed by atoms with E-state index in [1.54, 1.807) is 30.6 Å². The minimum atomic E-state index is -3.87. The third kappa shape index (κ3) is 5.67. The zero-order chi connectivity index (χ0) is 27.9. The SMILES string of the molecule is CC(C)CNS(=O)(=O)c1cc2c(c3cnc(C4CC4)cc13)C(NC(=O)C(C)C)CC2NC(=O)c1cccnc1. The Morgan fingerprint density at radius 2 is 1.79 bits per heavy atom. The lowest BCUT2D eigenvalue weighted by molar-refractivity contribution is -0.124. The molecule has 39 heavy (non-hydrogen) atoms. The number of sulfonamides is 1. The Kier molecular flexibility index (Phi) is 7.43. The molecule has 0 bridgehead atoms. The van der Waals surface area contributed by atoms with Gasteiger partial charge >= 0.3 is 0 Å². The van der Waals surface area contributed by atoms with Crippen LogP contribution in [0.2, 0.25) is 0 Å². The van der Waals surface area contributed by atoms with Gasteiger partial charge in [-0.3, -0.25) is 19.6 Å². The molecule has 2 aromatic heterocycles. The Morgan fingerprint density at radius 3 is 2.44 bits per heavy atom. The maximum atomic E-state index is 13.6. The van der Waals surface area contributed by atoms with Crippen molar-refractivity contribution in [1.29, 1.82) is 0 Å². The van der Waals surface area contributed by atoms with E-state index in [0.717, 1.165) is 24.1 Å². The molecule has 206 valence electrons. The van der Waals surface area contributed by atoms with E-state index in [4.69, 9.17) is 4.98 Å². The highest BCUT2D eigenvalue weighted by Crippen LogP contribution is 2.47. The molecule has 5 rings (SSSR count). The van der Waals surface area contributed by atoms with Crippen LogP contribution >= 0.6 is 0 Å². The Balaban J connectivity index is 1.66. The van der Waals surface area contributed by atoms with Crippen molar-refractivity contribution in [3.05, 3.63) is 65.2 Å². The summed E-state index contributed by atoms with van der Waals surface area (Å²) in [6.45, 7) is 7.85. The second kappa shape index (κ2) is 10.7. The Morgan fingerprint density at radius 1 is 1.03 bits per heavy atom. The van der Waals surface area contributed by atoms with E-state index in [1.807, 2.05) is 33.8 Å². The molecular weight excluding hydrogens is 514 g/mol. The summed E-state index contributed by atoms with van der Waals surface area (Å²) in [5, 5.41) is 7.44. The molecule has 1 fully saturated rings. The van der Waals surface area contributed by atoms with Crippen LogP contribution < -0.4 is 15.4 Å². The molecule has 2 unspecified atom stereocenters. The van der Waals surface area contributed by atoms with Gasteiger partial charge in [0.1, 0.15) is 0 Å². The number of rotatable bonds is 9. The maximum absolute atomic E-state index is 13.6. The summed E-state index contributed by atoms with van der Waals surface area (Å²) in [5.74, 6) is -0.199. The molecule has 1 aromatic carbocycles. The van der Waals surface area contributed by atoms with Gasteiger partial charge < -0.3 is 10.6 Å². The lowest BCUT2D eigenvalue weighted by atomic mass is 9.98. The van der Waals surface area contributed by atoms with Gasteiger partial charge in [-0.05, 0) is 60.6 Å². The number of fused-ring (bicyclic) bond motifs is 3. The van der Waals surface area contributed by atoms with E-state index >= 15 is 0 Å². The Hall–Kier alpha value is -3.37. The largest absolute Gasteiger partial charge is 0.349 e. The zero-order valence-corrected chi connectivity index (χ0v) is 23.5. The smallest absolute Gasteiger partial charge is 0.253 e. The van der Waals surface area contributed by atoms with Gasteiger partial charge in [0.05, 0.1) is 22.5 Å². The lowest BCUT2D eigenvalue weighted by Crippen LogP contribution is -2.32. The molecule has 3 N–H and O–H groups in total. The van der Waals surface area contributed by atoms with Crippen LogP contribution in [0.15, 0.2) is 47.8 Å². The first kappa shape index (κ1) is 27.2. The van der Waals surface area contributed by atoms with Crippen LogP contribution in [0.5, 0.6) is 0 Å². The van der Waals surface area contributed by atoms with Crippen molar-refractivity contribution in [2.45, 2.75) is 69.9 Å². The molecule has 2 aliphatic rings. The molecule has 3 aromatic rings. The molecule has 1 saturated carbocycles. The number of carbonyl (C=O) groups excluding carboxylic acids is 2. The van der Waals surface area contributed by atoms with Crippen molar-refractivity contribution in [3.63, 3.8) is 0 Å². The fourth-order valence-corrected chi connectivity index (χ4v) is 6.47.